The van der Waals surface area contributed by atoms with Gasteiger partial charge in [0, 0.05) is 45.4 Å². The molecule has 0 bridgehead atoms. The van der Waals surface area contributed by atoms with Gasteiger partial charge in [0.25, 0.3) is 0 Å². The highest BCUT2D eigenvalue weighted by Gasteiger charge is 2.21. The van der Waals surface area contributed by atoms with Crippen molar-refractivity contribution in [2.75, 3.05) is 45.9 Å². The molecule has 1 rings (SSSR count). The van der Waals surface area contributed by atoms with Gasteiger partial charge in [0.1, 0.15) is 0 Å². The predicted molar refractivity (Wildman–Crippen MR) is 76.7 cm³/mol. The molecule has 3 N–H and O–H groups in total. The van der Waals surface area contributed by atoms with Crippen LogP contribution >= 0.6 is 0 Å². The van der Waals surface area contributed by atoms with E-state index < -0.39 is 0 Å². The molecule has 1 heterocycles. The van der Waals surface area contributed by atoms with Crippen molar-refractivity contribution < 1.29 is 5.11 Å². The third-order valence-electron chi connectivity index (χ3n) is 3.95. The number of unbranched alkanes of at least 4 members (excludes halogenated alkanes) is 2. The third kappa shape index (κ3) is 5.65. The minimum atomic E-state index is 0.336. The monoisotopic (exact) mass is 257 g/mol. The van der Waals surface area contributed by atoms with Crippen molar-refractivity contribution in [3.8, 4) is 0 Å². The molecular weight excluding hydrogens is 226 g/mol. The van der Waals surface area contributed by atoms with Crippen LogP contribution in [0, 0.1) is 0 Å². The molecule has 1 fully saturated rings. The summed E-state index contributed by atoms with van der Waals surface area (Å²) in [5.74, 6) is 0. The van der Waals surface area contributed by atoms with Crippen LogP contribution in [-0.4, -0.2) is 66.8 Å². The fourth-order valence-electron chi connectivity index (χ4n) is 2.76. The molecule has 1 atom stereocenters. The van der Waals surface area contributed by atoms with E-state index in [9.17, 15) is 0 Å². The summed E-state index contributed by atoms with van der Waals surface area (Å²) in [6.07, 6.45) is 5.77. The molecule has 18 heavy (non-hydrogen) atoms. The first kappa shape index (κ1) is 15.9. The Balaban J connectivity index is 2.15. The zero-order valence-corrected chi connectivity index (χ0v) is 12.0. The second-order valence-electron chi connectivity index (χ2n) is 5.34. The molecular formula is C14H31N3O. The number of rotatable bonds is 9. The van der Waals surface area contributed by atoms with Gasteiger partial charge in [-0.25, -0.2) is 0 Å². The standard InChI is InChI=1S/C14H31N3O/c1-2-6-14(13-15)17-10-8-16(9-11-17)7-4-3-5-12-18/h14,18H,2-13,15H2,1H3. The Bertz CT molecular complexity index is 193. The van der Waals surface area contributed by atoms with E-state index in [0.717, 1.165) is 19.4 Å². The summed E-state index contributed by atoms with van der Waals surface area (Å²) in [5.41, 5.74) is 5.86. The molecule has 0 aliphatic carbocycles. The molecule has 0 saturated carbocycles. The largest absolute Gasteiger partial charge is 0.396 e. The molecule has 1 unspecified atom stereocenters. The Kier molecular flexibility index (Phi) is 8.59. The van der Waals surface area contributed by atoms with E-state index in [0.29, 0.717) is 12.6 Å². The molecule has 0 aromatic carbocycles. The van der Waals surface area contributed by atoms with Crippen molar-refractivity contribution in [3.63, 3.8) is 0 Å². The van der Waals surface area contributed by atoms with Gasteiger partial charge in [0.2, 0.25) is 0 Å². The maximum Gasteiger partial charge on any atom is 0.0431 e. The third-order valence-corrected chi connectivity index (χ3v) is 3.95. The van der Waals surface area contributed by atoms with Crippen LogP contribution in [0.4, 0.5) is 0 Å². The molecule has 4 heteroatoms. The van der Waals surface area contributed by atoms with Crippen molar-refractivity contribution in [2.45, 2.75) is 45.1 Å². The summed E-state index contributed by atoms with van der Waals surface area (Å²) in [6.45, 7) is 9.25. The van der Waals surface area contributed by atoms with Crippen LogP contribution in [0.25, 0.3) is 0 Å². The normalized spacial score (nSPS) is 20.2. The van der Waals surface area contributed by atoms with Crippen molar-refractivity contribution >= 4 is 0 Å². The number of nitrogens with zero attached hydrogens (tertiary/aromatic N) is 2. The Hall–Kier alpha value is -0.160. The molecule has 0 amide bonds. The van der Waals surface area contributed by atoms with Gasteiger partial charge in [-0.3, -0.25) is 4.90 Å². The van der Waals surface area contributed by atoms with E-state index in [4.69, 9.17) is 10.8 Å². The fourth-order valence-corrected chi connectivity index (χ4v) is 2.76. The van der Waals surface area contributed by atoms with Crippen molar-refractivity contribution in [1.29, 1.82) is 0 Å². The predicted octanol–water partition coefficient (Wildman–Crippen LogP) is 0.894. The lowest BCUT2D eigenvalue weighted by atomic mass is 10.1. The van der Waals surface area contributed by atoms with Crippen LogP contribution in [0.3, 0.4) is 0 Å². The van der Waals surface area contributed by atoms with E-state index >= 15 is 0 Å². The topological polar surface area (TPSA) is 52.7 Å². The SMILES string of the molecule is CCCC(CN)N1CCN(CCCCCO)CC1. The number of hydrogen-bond acceptors (Lipinski definition) is 4. The highest BCUT2D eigenvalue weighted by Crippen LogP contribution is 2.11. The summed E-state index contributed by atoms with van der Waals surface area (Å²) in [6, 6.07) is 0.589. The van der Waals surface area contributed by atoms with E-state index in [1.165, 1.54) is 52.0 Å². The second kappa shape index (κ2) is 9.73. The minimum absolute atomic E-state index is 0.336. The minimum Gasteiger partial charge on any atom is -0.396 e. The average molecular weight is 257 g/mol. The summed E-state index contributed by atoms with van der Waals surface area (Å²) in [4.78, 5) is 5.11. The lowest BCUT2D eigenvalue weighted by molar-refractivity contribution is 0.0931. The molecule has 4 nitrogen and oxygen atoms in total. The summed E-state index contributed by atoms with van der Waals surface area (Å²) < 4.78 is 0. The summed E-state index contributed by atoms with van der Waals surface area (Å²) >= 11 is 0. The quantitative estimate of drug-likeness (QED) is 0.603. The van der Waals surface area contributed by atoms with Crippen LogP contribution in [0.15, 0.2) is 0 Å². The number of hydrogen-bond donors (Lipinski definition) is 2. The highest BCUT2D eigenvalue weighted by atomic mass is 16.2. The lowest BCUT2D eigenvalue weighted by Gasteiger charge is -2.39. The van der Waals surface area contributed by atoms with E-state index in [1.54, 1.807) is 0 Å². The smallest absolute Gasteiger partial charge is 0.0431 e. The number of piperazine rings is 1. The van der Waals surface area contributed by atoms with Gasteiger partial charge in [0.05, 0.1) is 0 Å². The molecule has 0 aromatic rings. The molecule has 0 aromatic heterocycles. The van der Waals surface area contributed by atoms with E-state index in [1.807, 2.05) is 0 Å². The fraction of sp³-hybridized carbons (Fsp3) is 1.00. The Labute approximate surface area is 112 Å². The van der Waals surface area contributed by atoms with Crippen LogP contribution < -0.4 is 5.73 Å². The molecule has 0 spiro atoms. The summed E-state index contributed by atoms with van der Waals surface area (Å²) in [7, 11) is 0. The van der Waals surface area contributed by atoms with Crippen molar-refractivity contribution in [3.05, 3.63) is 0 Å². The van der Waals surface area contributed by atoms with Gasteiger partial charge in [-0.15, -0.1) is 0 Å². The molecule has 1 saturated heterocycles. The molecule has 1 aliphatic rings. The van der Waals surface area contributed by atoms with Gasteiger partial charge in [-0.2, -0.15) is 0 Å². The maximum atomic E-state index is 8.74. The van der Waals surface area contributed by atoms with Gasteiger partial charge < -0.3 is 15.7 Å². The second-order valence-corrected chi connectivity index (χ2v) is 5.34. The molecule has 108 valence electrons. The first-order chi connectivity index (χ1) is 8.81. The van der Waals surface area contributed by atoms with Crippen LogP contribution in [0.5, 0.6) is 0 Å². The highest BCUT2D eigenvalue weighted by molar-refractivity contribution is 4.79. The number of nitrogens with two attached hydrogens (primary N) is 1. The molecule has 1 aliphatic heterocycles. The number of aliphatic hydroxyl groups excluding tert-OH is 1. The average Bonchev–Trinajstić information content (AvgIpc) is 2.42. The van der Waals surface area contributed by atoms with E-state index in [-0.39, 0.29) is 0 Å². The van der Waals surface area contributed by atoms with E-state index in [2.05, 4.69) is 16.7 Å². The van der Waals surface area contributed by atoms with Gasteiger partial charge >= 0.3 is 0 Å². The van der Waals surface area contributed by atoms with Crippen molar-refractivity contribution in [1.82, 2.24) is 9.80 Å². The zero-order chi connectivity index (χ0) is 13.2. The van der Waals surface area contributed by atoms with Crippen molar-refractivity contribution in [2.24, 2.45) is 5.73 Å². The van der Waals surface area contributed by atoms with Gasteiger partial charge in [-0.1, -0.05) is 13.3 Å². The van der Waals surface area contributed by atoms with Crippen LogP contribution in [0.1, 0.15) is 39.0 Å². The van der Waals surface area contributed by atoms with Gasteiger partial charge in [0.15, 0.2) is 0 Å². The van der Waals surface area contributed by atoms with Crippen LogP contribution in [-0.2, 0) is 0 Å². The van der Waals surface area contributed by atoms with Gasteiger partial charge in [-0.05, 0) is 32.2 Å². The Morgan fingerprint density at radius 2 is 1.83 bits per heavy atom. The first-order valence-electron chi connectivity index (χ1n) is 7.59. The number of aliphatic hydroxyl groups is 1. The van der Waals surface area contributed by atoms with Crippen LogP contribution in [0.2, 0.25) is 0 Å². The maximum absolute atomic E-state index is 8.74. The zero-order valence-electron chi connectivity index (χ0n) is 12.0. The Morgan fingerprint density at radius 3 is 2.39 bits per heavy atom. The lowest BCUT2D eigenvalue weighted by Crippen LogP contribution is -2.52. The summed E-state index contributed by atoms with van der Waals surface area (Å²) in [5, 5.41) is 8.74. The molecule has 0 radical (unpaired) electrons. The Morgan fingerprint density at radius 1 is 1.11 bits per heavy atom. The first-order valence-corrected chi connectivity index (χ1v) is 7.59.